The van der Waals surface area contributed by atoms with Crippen molar-refractivity contribution in [2.75, 3.05) is 24.7 Å². The molecule has 144 valence electrons. The number of hydrogen-bond donors (Lipinski definition) is 8. The van der Waals surface area contributed by atoms with Gasteiger partial charge >= 0.3 is 10.4 Å². The standard InChI is InChI=1S/C11H22O11S2/c12-1-5(14)10(18)11(22-24(19,20)21)7(16)4-23-3-6(15)9(17)8(23)2-13/h5-18H,1-4H2/p+1/t5?,6-,7?,8-,9+,10?,11?,23?/m1/s1. The van der Waals surface area contributed by atoms with Gasteiger partial charge in [0.15, 0.2) is 5.25 Å². The second-order valence-corrected chi connectivity index (χ2v) is 8.84. The Bertz CT molecular complexity index is 486. The largest absolute Gasteiger partial charge is 0.397 e. The van der Waals surface area contributed by atoms with Gasteiger partial charge < -0.3 is 35.7 Å². The second kappa shape index (κ2) is 9.05. The molecule has 0 aromatic heterocycles. The second-order valence-electron chi connectivity index (χ2n) is 5.45. The van der Waals surface area contributed by atoms with Gasteiger partial charge in [0, 0.05) is 10.9 Å². The van der Waals surface area contributed by atoms with Gasteiger partial charge in [0.2, 0.25) is 0 Å². The number of aliphatic hydroxyl groups excluding tert-OH is 7. The van der Waals surface area contributed by atoms with Gasteiger partial charge in [-0.3, -0.25) is 4.55 Å². The van der Waals surface area contributed by atoms with E-state index in [2.05, 4.69) is 4.18 Å². The normalized spacial score (nSPS) is 33.2. The summed E-state index contributed by atoms with van der Waals surface area (Å²) in [5.74, 6) is -0.255. The molecule has 1 rings (SSSR count). The topological polar surface area (TPSA) is 205 Å². The first-order chi connectivity index (χ1) is 11.0. The minimum absolute atomic E-state index is 0.0285. The molecule has 0 radical (unpaired) electrons. The summed E-state index contributed by atoms with van der Waals surface area (Å²) in [5.41, 5.74) is 0. The molecule has 1 fully saturated rings. The van der Waals surface area contributed by atoms with Crippen LogP contribution in [0.2, 0.25) is 0 Å². The molecule has 0 amide bonds. The Labute approximate surface area is 141 Å². The van der Waals surface area contributed by atoms with E-state index in [1.165, 1.54) is 0 Å². The van der Waals surface area contributed by atoms with Gasteiger partial charge in [-0.25, -0.2) is 4.18 Å². The van der Waals surface area contributed by atoms with Crippen molar-refractivity contribution < 1.29 is 52.9 Å². The van der Waals surface area contributed by atoms with Crippen LogP contribution in [0.1, 0.15) is 0 Å². The van der Waals surface area contributed by atoms with E-state index in [0.717, 1.165) is 0 Å². The molecule has 8 N–H and O–H groups in total. The Morgan fingerprint density at radius 2 is 1.71 bits per heavy atom. The lowest BCUT2D eigenvalue weighted by molar-refractivity contribution is -0.0999. The smallest absolute Gasteiger partial charge is 0.394 e. The maximum Gasteiger partial charge on any atom is 0.397 e. The SMILES string of the molecule is O=S(=O)(O)OC(C(O)C[S+]1C[C@@H](O)[C@H](O)[C@H]1CO)C(O)C(O)CO. The molecule has 11 nitrogen and oxygen atoms in total. The van der Waals surface area contributed by atoms with Crippen LogP contribution < -0.4 is 0 Å². The highest BCUT2D eigenvalue weighted by Gasteiger charge is 2.51. The van der Waals surface area contributed by atoms with Crippen molar-refractivity contribution in [1.82, 2.24) is 0 Å². The van der Waals surface area contributed by atoms with E-state index < -0.39 is 76.4 Å². The molecule has 1 aliphatic rings. The lowest BCUT2D eigenvalue weighted by atomic mass is 10.0. The highest BCUT2D eigenvalue weighted by molar-refractivity contribution is 7.97. The maximum absolute atomic E-state index is 10.9. The summed E-state index contributed by atoms with van der Waals surface area (Å²) in [6, 6.07) is 0. The molecule has 5 unspecified atom stereocenters. The van der Waals surface area contributed by atoms with E-state index in [4.69, 9.17) is 9.66 Å². The van der Waals surface area contributed by atoms with Crippen molar-refractivity contribution >= 4 is 21.3 Å². The molecular formula is C11H23O11S2+. The van der Waals surface area contributed by atoms with Crippen LogP contribution in [-0.4, -0.2) is 115 Å². The summed E-state index contributed by atoms with van der Waals surface area (Å²) < 4.78 is 34.7. The molecule has 1 heterocycles. The van der Waals surface area contributed by atoms with Crippen molar-refractivity contribution in [2.45, 2.75) is 41.9 Å². The van der Waals surface area contributed by atoms with E-state index in [9.17, 15) is 39.1 Å². The summed E-state index contributed by atoms with van der Waals surface area (Å²) >= 11 is 0. The first kappa shape index (κ1) is 22.0. The minimum atomic E-state index is -5.09. The molecule has 0 aromatic rings. The van der Waals surface area contributed by atoms with Gasteiger partial charge in [-0.05, 0) is 0 Å². The fraction of sp³-hybridized carbons (Fsp3) is 1.00. The molecule has 0 spiro atoms. The molecule has 1 aliphatic heterocycles. The third-order valence-electron chi connectivity index (χ3n) is 3.68. The van der Waals surface area contributed by atoms with E-state index in [1.807, 2.05) is 0 Å². The van der Waals surface area contributed by atoms with Crippen LogP contribution in [0.3, 0.4) is 0 Å². The lowest BCUT2D eigenvalue weighted by Gasteiger charge is -2.28. The average Bonchev–Trinajstić information content (AvgIpc) is 2.76. The number of hydrogen-bond acceptors (Lipinski definition) is 10. The minimum Gasteiger partial charge on any atom is -0.394 e. The van der Waals surface area contributed by atoms with Crippen molar-refractivity contribution in [3.05, 3.63) is 0 Å². The third-order valence-corrected chi connectivity index (χ3v) is 6.97. The third kappa shape index (κ3) is 5.74. The molecule has 1 saturated heterocycles. The van der Waals surface area contributed by atoms with Crippen LogP contribution in [0.15, 0.2) is 0 Å². The zero-order valence-corrected chi connectivity index (χ0v) is 14.1. The monoisotopic (exact) mass is 395 g/mol. The fourth-order valence-corrected chi connectivity index (χ4v) is 5.63. The van der Waals surface area contributed by atoms with Crippen LogP contribution in [0.25, 0.3) is 0 Å². The predicted octanol–water partition coefficient (Wildman–Crippen LogP) is -5.04. The Balaban J connectivity index is 2.89. The molecule has 8 atom stereocenters. The summed E-state index contributed by atoms with van der Waals surface area (Å²) in [4.78, 5) is 0. The van der Waals surface area contributed by atoms with Gasteiger partial charge in [-0.2, -0.15) is 8.42 Å². The zero-order valence-electron chi connectivity index (χ0n) is 12.5. The summed E-state index contributed by atoms with van der Waals surface area (Å²) in [5, 5.41) is 66.0. The van der Waals surface area contributed by atoms with E-state index in [1.54, 1.807) is 0 Å². The quantitative estimate of drug-likeness (QED) is 0.137. The first-order valence-corrected chi connectivity index (χ1v) is 9.95. The Kier molecular flexibility index (Phi) is 8.28. The molecule has 0 saturated carbocycles. The molecule has 0 aliphatic carbocycles. The van der Waals surface area contributed by atoms with Crippen molar-refractivity contribution in [3.8, 4) is 0 Å². The number of rotatable bonds is 9. The van der Waals surface area contributed by atoms with Gasteiger partial charge in [0.05, 0.1) is 13.2 Å². The highest BCUT2D eigenvalue weighted by Crippen LogP contribution is 2.26. The number of aliphatic hydroxyl groups is 7. The van der Waals surface area contributed by atoms with Crippen LogP contribution in [-0.2, 0) is 25.5 Å². The summed E-state index contributed by atoms with van der Waals surface area (Å²) in [7, 11) is -6.03. The zero-order chi connectivity index (χ0) is 18.7. The van der Waals surface area contributed by atoms with E-state index >= 15 is 0 Å². The average molecular weight is 395 g/mol. The van der Waals surface area contributed by atoms with E-state index in [0.29, 0.717) is 0 Å². The Hall–Kier alpha value is -0.0600. The van der Waals surface area contributed by atoms with Crippen LogP contribution >= 0.6 is 0 Å². The van der Waals surface area contributed by atoms with Gasteiger partial charge in [0.1, 0.15) is 48.1 Å². The molecule has 0 aromatic carbocycles. The van der Waals surface area contributed by atoms with Crippen LogP contribution in [0, 0.1) is 0 Å². The summed E-state index contributed by atoms with van der Waals surface area (Å²) in [6.45, 7) is -1.44. The summed E-state index contributed by atoms with van der Waals surface area (Å²) in [6.07, 6.45) is -9.98. The molecule has 13 heteroatoms. The Morgan fingerprint density at radius 1 is 1.12 bits per heavy atom. The maximum atomic E-state index is 10.9. The van der Waals surface area contributed by atoms with Crippen LogP contribution in [0.4, 0.5) is 0 Å². The first-order valence-electron chi connectivity index (χ1n) is 6.95. The van der Waals surface area contributed by atoms with Crippen molar-refractivity contribution in [3.63, 3.8) is 0 Å². The molecule has 0 bridgehead atoms. The molecule has 24 heavy (non-hydrogen) atoms. The lowest BCUT2D eigenvalue weighted by Crippen LogP contribution is -2.51. The van der Waals surface area contributed by atoms with Crippen molar-refractivity contribution in [1.29, 1.82) is 0 Å². The molecular weight excluding hydrogens is 372 g/mol. The van der Waals surface area contributed by atoms with E-state index in [-0.39, 0.29) is 11.5 Å². The van der Waals surface area contributed by atoms with Crippen LogP contribution in [0.5, 0.6) is 0 Å². The highest BCUT2D eigenvalue weighted by atomic mass is 32.3. The van der Waals surface area contributed by atoms with Gasteiger partial charge in [-0.1, -0.05) is 0 Å². The Morgan fingerprint density at radius 3 is 2.17 bits per heavy atom. The van der Waals surface area contributed by atoms with Crippen molar-refractivity contribution in [2.24, 2.45) is 0 Å². The van der Waals surface area contributed by atoms with Gasteiger partial charge in [0.25, 0.3) is 0 Å². The fourth-order valence-electron chi connectivity index (χ4n) is 2.42. The predicted molar refractivity (Wildman–Crippen MR) is 81.5 cm³/mol. The van der Waals surface area contributed by atoms with Gasteiger partial charge in [-0.15, -0.1) is 0 Å².